The predicted molar refractivity (Wildman–Crippen MR) is 140 cm³/mol. The van der Waals surface area contributed by atoms with Gasteiger partial charge in [-0.1, -0.05) is 19.0 Å². The lowest BCUT2D eigenvalue weighted by atomic mass is 9.94. The second kappa shape index (κ2) is 10.9. The summed E-state index contributed by atoms with van der Waals surface area (Å²) < 4.78 is 7.72. The van der Waals surface area contributed by atoms with E-state index < -0.39 is 5.97 Å². The molecule has 3 aromatic rings. The maximum atomic E-state index is 11.2. The van der Waals surface area contributed by atoms with Gasteiger partial charge in [0, 0.05) is 29.9 Å². The predicted octanol–water partition coefficient (Wildman–Crippen LogP) is 5.08. The number of nitrogens with zero attached hydrogens (tertiary/aromatic N) is 5. The molecule has 3 heterocycles. The minimum absolute atomic E-state index is 0.190. The molecule has 0 atom stereocenters. The zero-order valence-electron chi connectivity index (χ0n) is 22.5. The molecule has 36 heavy (non-hydrogen) atoms. The fourth-order valence-electron chi connectivity index (χ4n) is 5.32. The van der Waals surface area contributed by atoms with Crippen molar-refractivity contribution >= 4 is 5.97 Å². The van der Waals surface area contributed by atoms with Gasteiger partial charge < -0.3 is 14.5 Å². The Hall–Kier alpha value is -3.00. The van der Waals surface area contributed by atoms with Gasteiger partial charge >= 0.3 is 5.97 Å². The summed E-state index contributed by atoms with van der Waals surface area (Å²) in [5, 5.41) is 18.3. The van der Waals surface area contributed by atoms with E-state index in [0.717, 1.165) is 68.7 Å². The van der Waals surface area contributed by atoms with Gasteiger partial charge in [-0.05, 0) is 101 Å². The van der Waals surface area contributed by atoms with Crippen molar-refractivity contribution in [1.29, 1.82) is 0 Å². The molecule has 4 rings (SSSR count). The van der Waals surface area contributed by atoms with Crippen LogP contribution in [0.25, 0.3) is 23.0 Å². The molecule has 1 aliphatic rings. The van der Waals surface area contributed by atoms with Gasteiger partial charge in [0.1, 0.15) is 0 Å². The van der Waals surface area contributed by atoms with E-state index in [1.54, 1.807) is 0 Å². The molecule has 0 amide bonds. The number of aliphatic carboxylic acids is 1. The maximum Gasteiger partial charge on any atom is 0.306 e. The van der Waals surface area contributed by atoms with Gasteiger partial charge in [-0.15, -0.1) is 0 Å². The van der Waals surface area contributed by atoms with Crippen LogP contribution in [0, 0.1) is 32.6 Å². The molecule has 0 saturated carbocycles. The molecule has 1 N–H and O–H groups in total. The van der Waals surface area contributed by atoms with Crippen LogP contribution in [0.4, 0.5) is 0 Å². The number of piperidine rings is 1. The summed E-state index contributed by atoms with van der Waals surface area (Å²) >= 11 is 0. The lowest BCUT2D eigenvalue weighted by Crippen LogP contribution is -2.37. The molecule has 1 saturated heterocycles. The second-order valence-corrected chi connectivity index (χ2v) is 10.5. The zero-order chi connectivity index (χ0) is 26.0. The smallest absolute Gasteiger partial charge is 0.306 e. The fourth-order valence-corrected chi connectivity index (χ4v) is 5.32. The van der Waals surface area contributed by atoms with Gasteiger partial charge in [0.25, 0.3) is 5.89 Å². The molecule has 1 aliphatic heterocycles. The van der Waals surface area contributed by atoms with E-state index in [2.05, 4.69) is 63.7 Å². The van der Waals surface area contributed by atoms with Gasteiger partial charge in [-0.3, -0.25) is 9.48 Å². The monoisotopic (exact) mass is 493 g/mol. The molecule has 8 nitrogen and oxygen atoms in total. The number of aryl methyl sites for hydroxylation is 3. The molecule has 8 heteroatoms. The van der Waals surface area contributed by atoms with Crippen molar-refractivity contribution in [2.45, 2.75) is 73.8 Å². The number of carbonyl (C=O) groups is 1. The summed E-state index contributed by atoms with van der Waals surface area (Å²) in [6, 6.07) is 4.27. The molecule has 0 unspecified atom stereocenters. The highest BCUT2D eigenvalue weighted by molar-refractivity contribution is 5.70. The van der Waals surface area contributed by atoms with E-state index in [1.165, 1.54) is 22.4 Å². The molecule has 1 aromatic carbocycles. The Kier molecular flexibility index (Phi) is 7.93. The van der Waals surface area contributed by atoms with Crippen LogP contribution in [0.2, 0.25) is 0 Å². The van der Waals surface area contributed by atoms with E-state index >= 15 is 0 Å². The molecule has 2 aromatic heterocycles. The van der Waals surface area contributed by atoms with Crippen molar-refractivity contribution in [2.75, 3.05) is 19.6 Å². The van der Waals surface area contributed by atoms with Crippen LogP contribution in [0.3, 0.4) is 0 Å². The summed E-state index contributed by atoms with van der Waals surface area (Å²) in [5.74, 6) is 0.729. The number of rotatable bonds is 9. The highest BCUT2D eigenvalue weighted by Crippen LogP contribution is 2.29. The quantitative estimate of drug-likeness (QED) is 0.444. The summed E-state index contributed by atoms with van der Waals surface area (Å²) in [4.78, 5) is 18.3. The van der Waals surface area contributed by atoms with E-state index in [1.807, 2.05) is 4.68 Å². The summed E-state index contributed by atoms with van der Waals surface area (Å²) in [6.07, 6.45) is 3.38. The Labute approximate surface area is 213 Å². The summed E-state index contributed by atoms with van der Waals surface area (Å²) in [7, 11) is 0. The van der Waals surface area contributed by atoms with Crippen molar-refractivity contribution in [3.05, 3.63) is 40.1 Å². The lowest BCUT2D eigenvalue weighted by Gasteiger charge is -2.30. The van der Waals surface area contributed by atoms with E-state index in [9.17, 15) is 9.90 Å². The summed E-state index contributed by atoms with van der Waals surface area (Å²) in [5.41, 5.74) is 7.80. The number of hydrogen-bond acceptors (Lipinski definition) is 6. The number of carboxylic acid groups (broad SMARTS) is 1. The first-order valence-electron chi connectivity index (χ1n) is 13.1. The average molecular weight is 494 g/mol. The van der Waals surface area contributed by atoms with Crippen LogP contribution in [-0.2, 0) is 24.2 Å². The Balaban J connectivity index is 1.49. The largest absolute Gasteiger partial charge is 0.481 e. The Bertz CT molecular complexity index is 1190. The standard InChI is InChI=1S/C28H39N5O3/c1-7-33-24(14-17(2)3)20(6)25(30-33)27-29-26(31-36-27)22-15-18(4)23(19(5)16-22)10-13-32-11-8-21(9-12-32)28(34)35/h15-17,21H,7-14H2,1-6H3,(H,34,35). The molecule has 1 fully saturated rings. The molecular weight excluding hydrogens is 454 g/mol. The Morgan fingerprint density at radius 2 is 1.83 bits per heavy atom. The molecule has 194 valence electrons. The molecule has 0 spiro atoms. The SMILES string of the molecule is CCn1nc(-c2nc(-c3cc(C)c(CCN4CCC(C(=O)O)CC4)c(C)c3)no2)c(C)c1CC(C)C. The van der Waals surface area contributed by atoms with Crippen LogP contribution >= 0.6 is 0 Å². The Morgan fingerprint density at radius 3 is 2.42 bits per heavy atom. The number of hydrogen-bond donors (Lipinski definition) is 1. The van der Waals surface area contributed by atoms with Gasteiger partial charge in [0.05, 0.1) is 5.92 Å². The molecule has 0 bridgehead atoms. The van der Waals surface area contributed by atoms with Crippen molar-refractivity contribution in [3.63, 3.8) is 0 Å². The van der Waals surface area contributed by atoms with E-state index in [0.29, 0.717) is 17.6 Å². The zero-order valence-corrected chi connectivity index (χ0v) is 22.5. The van der Waals surface area contributed by atoms with Crippen LogP contribution in [0.15, 0.2) is 16.7 Å². The summed E-state index contributed by atoms with van der Waals surface area (Å²) in [6.45, 7) is 16.3. The first-order chi connectivity index (χ1) is 17.2. The Morgan fingerprint density at radius 1 is 1.17 bits per heavy atom. The minimum Gasteiger partial charge on any atom is -0.481 e. The minimum atomic E-state index is -0.661. The third kappa shape index (κ3) is 5.53. The fraction of sp³-hybridized carbons (Fsp3) is 0.571. The van der Waals surface area contributed by atoms with Gasteiger partial charge in [-0.25, -0.2) is 0 Å². The normalized spacial score (nSPS) is 15.2. The van der Waals surface area contributed by atoms with Crippen LogP contribution in [-0.4, -0.2) is 55.5 Å². The second-order valence-electron chi connectivity index (χ2n) is 10.5. The van der Waals surface area contributed by atoms with E-state index in [-0.39, 0.29) is 5.92 Å². The van der Waals surface area contributed by atoms with Crippen molar-refractivity contribution in [1.82, 2.24) is 24.8 Å². The van der Waals surface area contributed by atoms with Crippen LogP contribution in [0.5, 0.6) is 0 Å². The average Bonchev–Trinajstić information content (AvgIpc) is 3.43. The first-order valence-corrected chi connectivity index (χ1v) is 13.1. The van der Waals surface area contributed by atoms with Crippen LogP contribution < -0.4 is 0 Å². The van der Waals surface area contributed by atoms with Gasteiger partial charge in [0.15, 0.2) is 5.69 Å². The number of aromatic nitrogens is 4. The topological polar surface area (TPSA) is 97.3 Å². The first kappa shape index (κ1) is 26.1. The van der Waals surface area contributed by atoms with Crippen molar-refractivity contribution in [2.24, 2.45) is 11.8 Å². The van der Waals surface area contributed by atoms with Gasteiger partial charge in [0.2, 0.25) is 5.82 Å². The molecule has 0 aliphatic carbocycles. The van der Waals surface area contributed by atoms with E-state index in [4.69, 9.17) is 14.6 Å². The third-order valence-electron chi connectivity index (χ3n) is 7.42. The number of carboxylic acids is 1. The van der Waals surface area contributed by atoms with Crippen molar-refractivity contribution < 1.29 is 14.4 Å². The van der Waals surface area contributed by atoms with Crippen molar-refractivity contribution in [3.8, 4) is 23.0 Å². The van der Waals surface area contributed by atoms with Crippen LogP contribution in [0.1, 0.15) is 61.6 Å². The highest BCUT2D eigenvalue weighted by atomic mass is 16.5. The molecular formula is C28H39N5O3. The third-order valence-corrected chi connectivity index (χ3v) is 7.42. The number of likely N-dealkylation sites (tertiary alicyclic amines) is 1. The highest BCUT2D eigenvalue weighted by Gasteiger charge is 2.25. The molecule has 0 radical (unpaired) electrons. The van der Waals surface area contributed by atoms with Gasteiger partial charge in [-0.2, -0.15) is 10.1 Å². The number of benzene rings is 1. The lowest BCUT2D eigenvalue weighted by molar-refractivity contribution is -0.143. The maximum absolute atomic E-state index is 11.2.